The molecule has 2 atom stereocenters. The Bertz CT molecular complexity index is 857. The third-order valence-electron chi connectivity index (χ3n) is 5.91. The van der Waals surface area contributed by atoms with Gasteiger partial charge in [-0.1, -0.05) is 38.1 Å². The highest BCUT2D eigenvalue weighted by Crippen LogP contribution is 2.49. The summed E-state index contributed by atoms with van der Waals surface area (Å²) in [6.45, 7) is 6.95. The monoisotopic (exact) mass is 434 g/mol. The molecule has 2 aromatic rings. The average molecular weight is 435 g/mol. The minimum Gasteiger partial charge on any atom is -0.493 e. The maximum atomic E-state index is 12.7. The fourth-order valence-electron chi connectivity index (χ4n) is 3.67. The molecule has 1 aliphatic carbocycles. The average Bonchev–Trinajstić information content (AvgIpc) is 2.73. The van der Waals surface area contributed by atoms with E-state index in [1.54, 1.807) is 7.11 Å². The number of carbonyl (C=O) groups excluding carboxylic acids is 1. The Morgan fingerprint density at radius 1 is 1.13 bits per heavy atom. The van der Waals surface area contributed by atoms with E-state index < -0.39 is 11.0 Å². The van der Waals surface area contributed by atoms with E-state index in [4.69, 9.17) is 19.9 Å². The number of benzene rings is 2. The molecule has 1 fully saturated rings. The van der Waals surface area contributed by atoms with E-state index in [1.165, 1.54) is 0 Å². The second-order valence-electron chi connectivity index (χ2n) is 7.92. The van der Waals surface area contributed by atoms with Crippen molar-refractivity contribution in [3.63, 3.8) is 0 Å². The molecule has 0 saturated heterocycles. The molecule has 3 N–H and O–H groups in total. The molecular formula is C23H31ClN2O4. The molecule has 0 spiro atoms. The van der Waals surface area contributed by atoms with E-state index in [-0.39, 0.29) is 24.4 Å². The normalized spacial score (nSPS) is 21.7. The predicted molar refractivity (Wildman–Crippen MR) is 119 cm³/mol. The van der Waals surface area contributed by atoms with Crippen LogP contribution in [0.2, 0.25) is 0 Å². The van der Waals surface area contributed by atoms with Crippen molar-refractivity contribution in [3.05, 3.63) is 54.1 Å². The van der Waals surface area contributed by atoms with Gasteiger partial charge in [-0.3, -0.25) is 4.79 Å². The molecule has 0 bridgehead atoms. The van der Waals surface area contributed by atoms with Crippen LogP contribution in [0.25, 0.3) is 0 Å². The SMILES string of the molecule is CCOC1CC(N)(C(=O)NCc2ccc(Oc3ccccc3OC)cc2)C1(C)C.Cl. The van der Waals surface area contributed by atoms with Gasteiger partial charge in [-0.05, 0) is 36.8 Å². The van der Waals surface area contributed by atoms with Gasteiger partial charge < -0.3 is 25.3 Å². The highest BCUT2D eigenvalue weighted by Gasteiger charge is 2.62. The van der Waals surface area contributed by atoms with Crippen LogP contribution in [0.5, 0.6) is 17.2 Å². The van der Waals surface area contributed by atoms with E-state index in [1.807, 2.05) is 69.3 Å². The lowest BCUT2D eigenvalue weighted by Crippen LogP contribution is -2.75. The van der Waals surface area contributed by atoms with Gasteiger partial charge in [0.05, 0.1) is 13.2 Å². The van der Waals surface area contributed by atoms with Crippen molar-refractivity contribution in [3.8, 4) is 17.2 Å². The number of amides is 1. The van der Waals surface area contributed by atoms with E-state index >= 15 is 0 Å². The minimum absolute atomic E-state index is 0. The van der Waals surface area contributed by atoms with Crippen molar-refractivity contribution in [1.82, 2.24) is 5.32 Å². The Kier molecular flexibility index (Phi) is 7.75. The Morgan fingerprint density at radius 3 is 2.33 bits per heavy atom. The molecule has 0 heterocycles. The van der Waals surface area contributed by atoms with Crippen molar-refractivity contribution in [2.75, 3.05) is 13.7 Å². The molecule has 0 radical (unpaired) electrons. The van der Waals surface area contributed by atoms with Gasteiger partial charge in [0.25, 0.3) is 0 Å². The van der Waals surface area contributed by atoms with E-state index in [9.17, 15) is 4.79 Å². The zero-order chi connectivity index (χ0) is 21.1. The van der Waals surface area contributed by atoms with Gasteiger partial charge in [-0.25, -0.2) is 0 Å². The van der Waals surface area contributed by atoms with E-state index in [2.05, 4.69) is 5.32 Å². The fourth-order valence-corrected chi connectivity index (χ4v) is 3.67. The highest BCUT2D eigenvalue weighted by molar-refractivity contribution is 5.88. The summed E-state index contributed by atoms with van der Waals surface area (Å²) in [6.07, 6.45) is 0.542. The first kappa shape index (κ1) is 24.0. The second-order valence-corrected chi connectivity index (χ2v) is 7.92. The summed E-state index contributed by atoms with van der Waals surface area (Å²) >= 11 is 0. The summed E-state index contributed by atoms with van der Waals surface area (Å²) in [6, 6.07) is 15.1. The van der Waals surface area contributed by atoms with Crippen molar-refractivity contribution in [2.45, 2.75) is 45.4 Å². The second kappa shape index (κ2) is 9.69. The number of hydrogen-bond donors (Lipinski definition) is 2. The first-order chi connectivity index (χ1) is 13.8. The number of nitrogens with two attached hydrogens (primary N) is 1. The zero-order valence-electron chi connectivity index (χ0n) is 17.9. The summed E-state index contributed by atoms with van der Waals surface area (Å²) in [5.41, 5.74) is 6.07. The van der Waals surface area contributed by atoms with Crippen LogP contribution in [0, 0.1) is 5.41 Å². The minimum atomic E-state index is -0.917. The first-order valence-electron chi connectivity index (χ1n) is 9.90. The molecule has 1 aliphatic rings. The Hall–Kier alpha value is -2.28. The number of para-hydroxylation sites is 2. The standard InChI is InChI=1S/C23H30N2O4.ClH/c1-5-28-20-14-23(24,22(20,2)3)21(26)25-15-16-10-12-17(13-11-16)29-19-9-7-6-8-18(19)27-4;/h6-13,20H,5,14-15,24H2,1-4H3,(H,25,26);1H. The molecule has 1 saturated carbocycles. The number of carbonyl (C=O) groups is 1. The van der Waals surface area contributed by atoms with Crippen LogP contribution in [-0.4, -0.2) is 31.3 Å². The lowest BCUT2D eigenvalue weighted by molar-refractivity contribution is -0.170. The number of nitrogens with one attached hydrogen (secondary N) is 1. The smallest absolute Gasteiger partial charge is 0.241 e. The van der Waals surface area contributed by atoms with Gasteiger partial charge in [0.15, 0.2) is 11.5 Å². The van der Waals surface area contributed by atoms with Crippen LogP contribution in [-0.2, 0) is 16.1 Å². The summed E-state index contributed by atoms with van der Waals surface area (Å²) in [7, 11) is 1.61. The maximum Gasteiger partial charge on any atom is 0.241 e. The predicted octanol–water partition coefficient (Wildman–Crippen LogP) is 4.06. The Morgan fingerprint density at radius 2 is 1.77 bits per heavy atom. The summed E-state index contributed by atoms with van der Waals surface area (Å²) < 4.78 is 16.9. The van der Waals surface area contributed by atoms with Gasteiger partial charge in [-0.2, -0.15) is 0 Å². The molecular weight excluding hydrogens is 404 g/mol. The Labute approximate surface area is 184 Å². The first-order valence-corrected chi connectivity index (χ1v) is 9.90. The van der Waals surface area contributed by atoms with Gasteiger partial charge in [0.1, 0.15) is 11.3 Å². The number of ether oxygens (including phenoxy) is 3. The molecule has 164 valence electrons. The van der Waals surface area contributed by atoms with Gasteiger partial charge in [0.2, 0.25) is 5.91 Å². The molecule has 2 aromatic carbocycles. The van der Waals surface area contributed by atoms with Crippen molar-refractivity contribution < 1.29 is 19.0 Å². The van der Waals surface area contributed by atoms with Crippen molar-refractivity contribution in [2.24, 2.45) is 11.1 Å². The van der Waals surface area contributed by atoms with Crippen LogP contribution in [0.3, 0.4) is 0 Å². The van der Waals surface area contributed by atoms with Crippen LogP contribution in [0.1, 0.15) is 32.8 Å². The van der Waals surface area contributed by atoms with Crippen LogP contribution in [0.4, 0.5) is 0 Å². The number of rotatable bonds is 8. The van der Waals surface area contributed by atoms with Crippen LogP contribution < -0.4 is 20.5 Å². The number of methoxy groups -OCH3 is 1. The summed E-state index contributed by atoms with van der Waals surface area (Å²) in [4.78, 5) is 12.7. The van der Waals surface area contributed by atoms with E-state index in [0.29, 0.717) is 36.8 Å². The summed E-state index contributed by atoms with van der Waals surface area (Å²) in [5, 5.41) is 2.97. The van der Waals surface area contributed by atoms with Crippen molar-refractivity contribution >= 4 is 18.3 Å². The molecule has 0 aliphatic heterocycles. The molecule has 2 unspecified atom stereocenters. The van der Waals surface area contributed by atoms with Crippen LogP contribution >= 0.6 is 12.4 Å². The van der Waals surface area contributed by atoms with Gasteiger partial charge in [-0.15, -0.1) is 12.4 Å². The molecule has 1 amide bonds. The maximum absolute atomic E-state index is 12.7. The number of halogens is 1. The fraction of sp³-hybridized carbons (Fsp3) is 0.435. The lowest BCUT2D eigenvalue weighted by Gasteiger charge is -2.57. The highest BCUT2D eigenvalue weighted by atomic mass is 35.5. The number of hydrogen-bond acceptors (Lipinski definition) is 5. The molecule has 0 aromatic heterocycles. The molecule has 3 rings (SSSR count). The van der Waals surface area contributed by atoms with Gasteiger partial charge in [0, 0.05) is 25.0 Å². The lowest BCUT2D eigenvalue weighted by atomic mass is 9.54. The zero-order valence-corrected chi connectivity index (χ0v) is 18.8. The quantitative estimate of drug-likeness (QED) is 0.654. The summed E-state index contributed by atoms with van der Waals surface area (Å²) in [5.74, 6) is 1.87. The molecule has 6 nitrogen and oxygen atoms in total. The topological polar surface area (TPSA) is 82.8 Å². The van der Waals surface area contributed by atoms with Crippen molar-refractivity contribution in [1.29, 1.82) is 0 Å². The van der Waals surface area contributed by atoms with E-state index in [0.717, 1.165) is 5.56 Å². The van der Waals surface area contributed by atoms with Gasteiger partial charge >= 0.3 is 0 Å². The Balaban J connectivity index is 0.00000320. The largest absolute Gasteiger partial charge is 0.493 e. The third-order valence-corrected chi connectivity index (χ3v) is 5.91. The molecule has 7 heteroatoms. The molecule has 30 heavy (non-hydrogen) atoms. The third kappa shape index (κ3) is 4.56. The van der Waals surface area contributed by atoms with Crippen LogP contribution in [0.15, 0.2) is 48.5 Å².